The summed E-state index contributed by atoms with van der Waals surface area (Å²) in [5.74, 6) is -1.45. The molecule has 0 saturated carbocycles. The minimum Gasteiger partial charge on any atom is -0.480 e. The molecule has 1 aromatic rings. The van der Waals surface area contributed by atoms with E-state index in [1.807, 2.05) is 12.1 Å². The maximum Gasteiger partial charge on any atom is 0.320 e. The van der Waals surface area contributed by atoms with E-state index in [-0.39, 0.29) is 18.7 Å². The average molecular weight is 299 g/mol. The van der Waals surface area contributed by atoms with Crippen molar-refractivity contribution in [2.24, 2.45) is 5.73 Å². The fourth-order valence-corrected chi connectivity index (χ4v) is 3.60. The van der Waals surface area contributed by atoms with Crippen molar-refractivity contribution < 1.29 is 18.3 Å². The maximum atomic E-state index is 12.2. The molecule has 7 nitrogen and oxygen atoms in total. The number of carboxylic acid groups (broad SMARTS) is 1. The highest BCUT2D eigenvalue weighted by molar-refractivity contribution is 7.89. The van der Waals surface area contributed by atoms with Gasteiger partial charge in [-0.2, -0.15) is 4.31 Å². The minimum atomic E-state index is -3.50. The molecule has 0 aliphatic carbocycles. The first-order valence-electron chi connectivity index (χ1n) is 6.29. The Morgan fingerprint density at radius 3 is 3.00 bits per heavy atom. The molecular formula is C12H17N3O4S. The van der Waals surface area contributed by atoms with Crippen molar-refractivity contribution in [2.75, 3.05) is 12.3 Å². The molecule has 0 bridgehead atoms. The molecule has 8 heteroatoms. The predicted molar refractivity (Wildman–Crippen MR) is 72.4 cm³/mol. The zero-order valence-corrected chi connectivity index (χ0v) is 11.7. The number of pyridine rings is 1. The second kappa shape index (κ2) is 5.86. The number of nitrogens with two attached hydrogens (primary N) is 1. The van der Waals surface area contributed by atoms with Gasteiger partial charge in [0, 0.05) is 12.7 Å². The SMILES string of the molecule is N[C@@H](CCS(=O)(=O)N1CCc2cccnc2C1)C(=O)O. The summed E-state index contributed by atoms with van der Waals surface area (Å²) in [6.45, 7) is 0.629. The molecule has 110 valence electrons. The van der Waals surface area contributed by atoms with E-state index in [9.17, 15) is 13.2 Å². The summed E-state index contributed by atoms with van der Waals surface area (Å²) in [5.41, 5.74) is 7.15. The van der Waals surface area contributed by atoms with Gasteiger partial charge in [0.25, 0.3) is 0 Å². The van der Waals surface area contributed by atoms with E-state index < -0.39 is 22.0 Å². The topological polar surface area (TPSA) is 114 Å². The number of aliphatic carboxylic acids is 1. The molecule has 0 saturated heterocycles. The lowest BCUT2D eigenvalue weighted by molar-refractivity contribution is -0.138. The third kappa shape index (κ3) is 3.33. The smallest absolute Gasteiger partial charge is 0.320 e. The zero-order valence-electron chi connectivity index (χ0n) is 10.9. The van der Waals surface area contributed by atoms with Gasteiger partial charge in [-0.25, -0.2) is 8.42 Å². The number of hydrogen-bond acceptors (Lipinski definition) is 5. The summed E-state index contributed by atoms with van der Waals surface area (Å²) >= 11 is 0. The summed E-state index contributed by atoms with van der Waals surface area (Å²) in [5, 5.41) is 8.68. The van der Waals surface area contributed by atoms with Gasteiger partial charge in [-0.15, -0.1) is 0 Å². The van der Waals surface area contributed by atoms with Crippen LogP contribution in [0, 0.1) is 0 Å². The van der Waals surface area contributed by atoms with E-state index in [2.05, 4.69) is 4.98 Å². The van der Waals surface area contributed by atoms with Crippen LogP contribution in [0.3, 0.4) is 0 Å². The molecule has 2 rings (SSSR count). The number of sulfonamides is 1. The van der Waals surface area contributed by atoms with Crippen molar-refractivity contribution in [3.63, 3.8) is 0 Å². The van der Waals surface area contributed by atoms with Gasteiger partial charge in [0.05, 0.1) is 18.0 Å². The first-order valence-corrected chi connectivity index (χ1v) is 7.90. The van der Waals surface area contributed by atoms with E-state index in [1.165, 1.54) is 4.31 Å². The molecule has 0 spiro atoms. The summed E-state index contributed by atoms with van der Waals surface area (Å²) < 4.78 is 25.7. The Bertz CT molecular complexity index is 602. The fourth-order valence-electron chi connectivity index (χ4n) is 2.10. The van der Waals surface area contributed by atoms with Crippen LogP contribution in [0.25, 0.3) is 0 Å². The van der Waals surface area contributed by atoms with Gasteiger partial charge in [-0.05, 0) is 24.5 Å². The van der Waals surface area contributed by atoms with Crippen LogP contribution in [0.1, 0.15) is 17.7 Å². The number of fused-ring (bicyclic) bond motifs is 1. The Morgan fingerprint density at radius 1 is 1.55 bits per heavy atom. The Labute approximate surface area is 117 Å². The molecule has 2 heterocycles. The molecule has 0 unspecified atom stereocenters. The number of rotatable bonds is 5. The predicted octanol–water partition coefficient (Wildman–Crippen LogP) is -0.428. The van der Waals surface area contributed by atoms with E-state index in [0.29, 0.717) is 13.0 Å². The lowest BCUT2D eigenvalue weighted by Crippen LogP contribution is -2.40. The summed E-state index contributed by atoms with van der Waals surface area (Å²) in [4.78, 5) is 14.8. The van der Waals surface area contributed by atoms with Crippen LogP contribution < -0.4 is 5.73 Å². The largest absolute Gasteiger partial charge is 0.480 e. The molecule has 0 aromatic carbocycles. The molecular weight excluding hydrogens is 282 g/mol. The van der Waals surface area contributed by atoms with Crippen molar-refractivity contribution in [1.29, 1.82) is 0 Å². The van der Waals surface area contributed by atoms with Gasteiger partial charge in [-0.3, -0.25) is 9.78 Å². The van der Waals surface area contributed by atoms with E-state index >= 15 is 0 Å². The van der Waals surface area contributed by atoms with Gasteiger partial charge in [0.1, 0.15) is 6.04 Å². The molecule has 3 N–H and O–H groups in total. The van der Waals surface area contributed by atoms with Gasteiger partial charge < -0.3 is 10.8 Å². The molecule has 20 heavy (non-hydrogen) atoms. The van der Waals surface area contributed by atoms with Gasteiger partial charge in [0.2, 0.25) is 10.0 Å². The van der Waals surface area contributed by atoms with Crippen LogP contribution in [0.15, 0.2) is 18.3 Å². The maximum absolute atomic E-state index is 12.2. The van der Waals surface area contributed by atoms with Crippen LogP contribution in [0.2, 0.25) is 0 Å². The van der Waals surface area contributed by atoms with Crippen molar-refractivity contribution in [3.8, 4) is 0 Å². The standard InChI is InChI=1S/C12H17N3O4S/c13-10(12(16)17)4-7-20(18,19)15-6-3-9-2-1-5-14-11(9)8-15/h1-2,5,10H,3-4,6-8,13H2,(H,16,17)/t10-/m0/s1. The molecule has 1 aliphatic rings. The lowest BCUT2D eigenvalue weighted by Gasteiger charge is -2.27. The van der Waals surface area contributed by atoms with Gasteiger partial charge >= 0.3 is 5.97 Å². The average Bonchev–Trinajstić information content (AvgIpc) is 2.44. The Kier molecular flexibility index (Phi) is 4.36. The van der Waals surface area contributed by atoms with Crippen LogP contribution in [0.5, 0.6) is 0 Å². The summed E-state index contributed by atoms with van der Waals surface area (Å²) in [6.07, 6.45) is 2.16. The Balaban J connectivity index is 2.03. The van der Waals surface area contributed by atoms with E-state index in [1.54, 1.807) is 6.20 Å². The highest BCUT2D eigenvalue weighted by Crippen LogP contribution is 2.19. The molecule has 1 atom stereocenters. The summed E-state index contributed by atoms with van der Waals surface area (Å²) in [7, 11) is -3.50. The Hall–Kier alpha value is -1.51. The van der Waals surface area contributed by atoms with Crippen LogP contribution in [-0.4, -0.2) is 47.1 Å². The van der Waals surface area contributed by atoms with Crippen LogP contribution in [-0.2, 0) is 27.8 Å². The lowest BCUT2D eigenvalue weighted by atomic mass is 10.1. The van der Waals surface area contributed by atoms with Crippen molar-refractivity contribution >= 4 is 16.0 Å². The quantitative estimate of drug-likeness (QED) is 0.762. The van der Waals surface area contributed by atoms with Crippen LogP contribution >= 0.6 is 0 Å². The number of carbonyl (C=O) groups is 1. The monoisotopic (exact) mass is 299 g/mol. The van der Waals surface area contributed by atoms with E-state index in [4.69, 9.17) is 10.8 Å². The van der Waals surface area contributed by atoms with E-state index in [0.717, 1.165) is 11.3 Å². The highest BCUT2D eigenvalue weighted by Gasteiger charge is 2.28. The number of carboxylic acids is 1. The second-order valence-corrected chi connectivity index (χ2v) is 6.83. The molecule has 0 amide bonds. The third-order valence-electron chi connectivity index (χ3n) is 3.34. The van der Waals surface area contributed by atoms with Crippen molar-refractivity contribution in [2.45, 2.75) is 25.4 Å². The number of hydrogen-bond donors (Lipinski definition) is 2. The number of nitrogens with zero attached hydrogens (tertiary/aromatic N) is 2. The molecule has 1 aromatic heterocycles. The molecule has 1 aliphatic heterocycles. The zero-order chi connectivity index (χ0) is 14.8. The number of aromatic nitrogens is 1. The third-order valence-corrected chi connectivity index (χ3v) is 5.19. The van der Waals surface area contributed by atoms with Gasteiger partial charge in [0.15, 0.2) is 0 Å². The van der Waals surface area contributed by atoms with Gasteiger partial charge in [-0.1, -0.05) is 6.07 Å². The fraction of sp³-hybridized carbons (Fsp3) is 0.500. The molecule has 0 fully saturated rings. The highest BCUT2D eigenvalue weighted by atomic mass is 32.2. The minimum absolute atomic E-state index is 0.0940. The normalized spacial score (nSPS) is 17.4. The Morgan fingerprint density at radius 2 is 2.30 bits per heavy atom. The second-order valence-electron chi connectivity index (χ2n) is 4.74. The first kappa shape index (κ1) is 14.9. The molecule has 0 radical (unpaired) electrons. The summed E-state index contributed by atoms with van der Waals surface area (Å²) in [6, 6.07) is 2.61. The first-order chi connectivity index (χ1) is 9.40. The van der Waals surface area contributed by atoms with Crippen molar-refractivity contribution in [1.82, 2.24) is 9.29 Å². The van der Waals surface area contributed by atoms with Crippen LogP contribution in [0.4, 0.5) is 0 Å². The van der Waals surface area contributed by atoms with Crippen molar-refractivity contribution in [3.05, 3.63) is 29.6 Å².